The largest absolute Gasteiger partial charge is 0.452 e. The third-order valence-corrected chi connectivity index (χ3v) is 5.43. The van der Waals surface area contributed by atoms with Crippen molar-refractivity contribution in [2.24, 2.45) is 0 Å². The van der Waals surface area contributed by atoms with Crippen molar-refractivity contribution in [1.29, 1.82) is 5.26 Å². The van der Waals surface area contributed by atoms with Crippen LogP contribution in [0, 0.1) is 11.3 Å². The quantitative estimate of drug-likeness (QED) is 0.790. The summed E-state index contributed by atoms with van der Waals surface area (Å²) in [6.07, 6.45) is 6.25. The molecule has 0 unspecified atom stereocenters. The Hall–Kier alpha value is -2.65. The summed E-state index contributed by atoms with van der Waals surface area (Å²) in [5.74, 6) is -0.405. The number of ether oxygens (including phenoxy) is 1. The van der Waals surface area contributed by atoms with Crippen molar-refractivity contribution in [2.45, 2.75) is 38.0 Å². The van der Waals surface area contributed by atoms with Crippen LogP contribution in [0.25, 0.3) is 0 Å². The van der Waals surface area contributed by atoms with E-state index in [0.29, 0.717) is 22.0 Å². The van der Waals surface area contributed by atoms with Crippen molar-refractivity contribution < 1.29 is 14.3 Å². The Morgan fingerprint density at radius 2 is 1.88 bits per heavy atom. The third-order valence-electron chi connectivity index (χ3n) is 4.60. The van der Waals surface area contributed by atoms with E-state index < -0.39 is 11.9 Å². The van der Waals surface area contributed by atoms with E-state index >= 15 is 0 Å². The third kappa shape index (κ3) is 4.50. The summed E-state index contributed by atoms with van der Waals surface area (Å²) in [6, 6.07) is 11.1. The maximum absolute atomic E-state index is 12.1. The summed E-state index contributed by atoms with van der Waals surface area (Å²) in [5.41, 5.74) is 2.10. The van der Waals surface area contributed by atoms with Gasteiger partial charge in [-0.2, -0.15) is 5.26 Å². The second kappa shape index (κ2) is 8.63. The van der Waals surface area contributed by atoms with Crippen LogP contribution in [-0.4, -0.2) is 18.5 Å². The molecule has 5 nitrogen and oxygen atoms in total. The molecule has 1 fully saturated rings. The first-order chi connectivity index (χ1) is 12.7. The Morgan fingerprint density at radius 3 is 2.58 bits per heavy atom. The minimum Gasteiger partial charge on any atom is -0.452 e. The molecular formula is C20H20N2O3S. The maximum Gasteiger partial charge on any atom is 0.338 e. The van der Waals surface area contributed by atoms with Gasteiger partial charge >= 0.3 is 5.97 Å². The summed E-state index contributed by atoms with van der Waals surface area (Å²) in [6.45, 7) is -0.383. The van der Waals surface area contributed by atoms with Crippen molar-refractivity contribution in [1.82, 2.24) is 0 Å². The monoisotopic (exact) mass is 368 g/mol. The van der Waals surface area contributed by atoms with Crippen molar-refractivity contribution in [3.8, 4) is 6.07 Å². The van der Waals surface area contributed by atoms with Crippen molar-refractivity contribution in [3.63, 3.8) is 0 Å². The van der Waals surface area contributed by atoms with Crippen LogP contribution in [0.5, 0.6) is 0 Å². The average molecular weight is 368 g/mol. The molecule has 0 spiro atoms. The summed E-state index contributed by atoms with van der Waals surface area (Å²) < 4.78 is 5.07. The lowest BCUT2D eigenvalue weighted by atomic mass is 9.84. The van der Waals surface area contributed by atoms with Gasteiger partial charge in [0.15, 0.2) is 6.61 Å². The molecule has 1 aliphatic carbocycles. The average Bonchev–Trinajstić information content (AvgIpc) is 3.14. The minimum absolute atomic E-state index is 0.383. The molecule has 0 saturated heterocycles. The number of carbonyl (C=O) groups excluding carboxylic acids is 2. The Morgan fingerprint density at radius 1 is 1.15 bits per heavy atom. The van der Waals surface area contributed by atoms with Crippen LogP contribution in [0.2, 0.25) is 0 Å². The fourth-order valence-electron chi connectivity index (χ4n) is 3.20. The molecule has 1 saturated carbocycles. The van der Waals surface area contributed by atoms with E-state index in [9.17, 15) is 9.59 Å². The molecule has 1 heterocycles. The number of hydrogen-bond acceptors (Lipinski definition) is 5. The Labute approximate surface area is 156 Å². The molecule has 2 aromatic rings. The van der Waals surface area contributed by atoms with E-state index in [1.54, 1.807) is 23.6 Å². The van der Waals surface area contributed by atoms with E-state index in [1.807, 2.05) is 18.2 Å². The maximum atomic E-state index is 12.1. The van der Waals surface area contributed by atoms with Gasteiger partial charge in [-0.3, -0.25) is 4.79 Å². The lowest BCUT2D eigenvalue weighted by Crippen LogP contribution is -2.20. The van der Waals surface area contributed by atoms with Crippen LogP contribution in [0.15, 0.2) is 35.7 Å². The summed E-state index contributed by atoms with van der Waals surface area (Å²) in [7, 11) is 0. The van der Waals surface area contributed by atoms with Gasteiger partial charge in [-0.05, 0) is 47.9 Å². The van der Waals surface area contributed by atoms with Gasteiger partial charge in [-0.15, -0.1) is 11.3 Å². The van der Waals surface area contributed by atoms with Gasteiger partial charge in [0.1, 0.15) is 11.1 Å². The lowest BCUT2D eigenvalue weighted by molar-refractivity contribution is -0.119. The molecule has 0 bridgehead atoms. The van der Waals surface area contributed by atoms with Gasteiger partial charge in [0, 0.05) is 0 Å². The number of amides is 1. The van der Waals surface area contributed by atoms with Gasteiger partial charge in [-0.25, -0.2) is 4.79 Å². The molecule has 0 aliphatic heterocycles. The second-order valence-corrected chi connectivity index (χ2v) is 7.27. The van der Waals surface area contributed by atoms with Gasteiger partial charge in [-0.1, -0.05) is 31.4 Å². The first-order valence-electron chi connectivity index (χ1n) is 8.72. The van der Waals surface area contributed by atoms with E-state index in [1.165, 1.54) is 49.0 Å². The predicted octanol–water partition coefficient (Wildman–Crippen LogP) is 4.46. The Balaban J connectivity index is 1.51. The highest BCUT2D eigenvalue weighted by molar-refractivity contribution is 7.14. The number of benzene rings is 1. The van der Waals surface area contributed by atoms with Crippen molar-refractivity contribution >= 4 is 28.2 Å². The molecule has 3 rings (SSSR count). The number of hydrogen-bond donors (Lipinski definition) is 1. The zero-order valence-electron chi connectivity index (χ0n) is 14.4. The van der Waals surface area contributed by atoms with E-state index in [-0.39, 0.29) is 6.61 Å². The number of carbonyl (C=O) groups is 2. The van der Waals surface area contributed by atoms with Gasteiger partial charge in [0.05, 0.1) is 11.1 Å². The van der Waals surface area contributed by atoms with Crippen molar-refractivity contribution in [2.75, 3.05) is 11.9 Å². The first kappa shape index (κ1) is 18.2. The van der Waals surface area contributed by atoms with Crippen molar-refractivity contribution in [3.05, 3.63) is 52.4 Å². The zero-order chi connectivity index (χ0) is 18.4. The van der Waals surface area contributed by atoms with Gasteiger partial charge in [0.2, 0.25) is 0 Å². The van der Waals surface area contributed by atoms with Crippen LogP contribution in [-0.2, 0) is 9.53 Å². The number of rotatable bonds is 5. The molecule has 0 radical (unpaired) electrons. The van der Waals surface area contributed by atoms with Gasteiger partial charge in [0.25, 0.3) is 5.91 Å². The molecule has 26 heavy (non-hydrogen) atoms. The molecule has 1 aromatic carbocycles. The van der Waals surface area contributed by atoms with E-state index in [4.69, 9.17) is 10.00 Å². The number of nitriles is 1. The molecule has 0 atom stereocenters. The minimum atomic E-state index is -0.526. The highest BCUT2D eigenvalue weighted by atomic mass is 32.1. The number of anilines is 1. The number of nitrogens with one attached hydrogen (secondary N) is 1. The predicted molar refractivity (Wildman–Crippen MR) is 100 cm³/mol. The smallest absolute Gasteiger partial charge is 0.338 e. The highest BCUT2D eigenvalue weighted by Gasteiger charge is 2.17. The highest BCUT2D eigenvalue weighted by Crippen LogP contribution is 2.32. The number of esters is 1. The Kier molecular flexibility index (Phi) is 6.03. The van der Waals surface area contributed by atoms with Crippen LogP contribution in [0.3, 0.4) is 0 Å². The molecule has 1 aromatic heterocycles. The Bertz CT molecular complexity index is 814. The van der Waals surface area contributed by atoms with Crippen LogP contribution in [0.1, 0.15) is 59.5 Å². The molecular weight excluding hydrogens is 348 g/mol. The van der Waals surface area contributed by atoms with Crippen LogP contribution >= 0.6 is 11.3 Å². The van der Waals surface area contributed by atoms with Crippen LogP contribution in [0.4, 0.5) is 5.00 Å². The number of nitrogens with zero attached hydrogens (tertiary/aromatic N) is 1. The molecule has 1 aliphatic rings. The van der Waals surface area contributed by atoms with E-state index in [2.05, 4.69) is 5.32 Å². The zero-order valence-corrected chi connectivity index (χ0v) is 15.2. The number of thiophene rings is 1. The van der Waals surface area contributed by atoms with E-state index in [0.717, 1.165) is 0 Å². The SMILES string of the molecule is N#Cc1ccsc1NC(=O)COC(=O)c1ccc(C2CCCCC2)cc1. The molecule has 1 amide bonds. The van der Waals surface area contributed by atoms with Crippen LogP contribution < -0.4 is 5.32 Å². The molecule has 6 heteroatoms. The standard InChI is InChI=1S/C20H20N2O3S/c21-12-17-10-11-26-19(17)22-18(23)13-25-20(24)16-8-6-15(7-9-16)14-4-2-1-3-5-14/h6-11,14H,1-5,13H2,(H,22,23). The fourth-order valence-corrected chi connectivity index (χ4v) is 3.95. The normalized spacial score (nSPS) is 14.4. The summed E-state index contributed by atoms with van der Waals surface area (Å²) in [5, 5.41) is 13.7. The molecule has 134 valence electrons. The fraction of sp³-hybridized carbons (Fsp3) is 0.350. The molecule has 1 N–H and O–H groups in total. The second-order valence-electron chi connectivity index (χ2n) is 6.36. The topological polar surface area (TPSA) is 79.2 Å². The summed E-state index contributed by atoms with van der Waals surface area (Å²) in [4.78, 5) is 24.0. The van der Waals surface area contributed by atoms with Gasteiger partial charge < -0.3 is 10.1 Å². The lowest BCUT2D eigenvalue weighted by Gasteiger charge is -2.21. The first-order valence-corrected chi connectivity index (χ1v) is 9.60. The summed E-state index contributed by atoms with van der Waals surface area (Å²) >= 11 is 1.25.